The number of carbonyl (C=O) groups excluding carboxylic acids is 2. The van der Waals surface area contributed by atoms with Gasteiger partial charge in [-0.1, -0.05) is 26.2 Å². The maximum atomic E-state index is 11.6. The van der Waals surface area contributed by atoms with Crippen LogP contribution in [0, 0.1) is 0 Å². The smallest absolute Gasteiger partial charge is 0.329 e. The molecule has 2 atom stereocenters. The van der Waals surface area contributed by atoms with Gasteiger partial charge < -0.3 is 15.8 Å². The molecule has 5 heteroatoms. The van der Waals surface area contributed by atoms with Crippen LogP contribution in [0.5, 0.6) is 0 Å². The van der Waals surface area contributed by atoms with E-state index in [2.05, 4.69) is 17.0 Å². The third-order valence-corrected chi connectivity index (χ3v) is 2.55. The Hall–Kier alpha value is -1.10. The Morgan fingerprint density at radius 3 is 2.41 bits per heavy atom. The molecule has 0 saturated heterocycles. The number of methoxy groups -OCH3 is 1. The first-order valence-electron chi connectivity index (χ1n) is 6.15. The van der Waals surface area contributed by atoms with Crippen LogP contribution in [0.3, 0.4) is 0 Å². The topological polar surface area (TPSA) is 81.4 Å². The molecule has 3 N–H and O–H groups in total. The fraction of sp³-hybridized carbons (Fsp3) is 0.833. The lowest BCUT2D eigenvalue weighted by Gasteiger charge is -2.19. The standard InChI is InChI=1S/C12H24N2O3/c1-4-5-6-7-8-10(15)14-11(9(2)13)12(16)17-3/h9,11H,4-8,13H2,1-3H3,(H,14,15)/t9-,11+/m0/s1. The summed E-state index contributed by atoms with van der Waals surface area (Å²) < 4.78 is 4.58. The minimum absolute atomic E-state index is 0.145. The van der Waals surface area contributed by atoms with E-state index >= 15 is 0 Å². The molecule has 0 bridgehead atoms. The zero-order valence-corrected chi connectivity index (χ0v) is 11.0. The van der Waals surface area contributed by atoms with Crippen LogP contribution in [0.2, 0.25) is 0 Å². The van der Waals surface area contributed by atoms with Gasteiger partial charge in [0, 0.05) is 12.5 Å². The molecule has 0 aromatic rings. The summed E-state index contributed by atoms with van der Waals surface area (Å²) in [7, 11) is 1.28. The van der Waals surface area contributed by atoms with Crippen molar-refractivity contribution in [2.75, 3.05) is 7.11 Å². The van der Waals surface area contributed by atoms with E-state index in [9.17, 15) is 9.59 Å². The van der Waals surface area contributed by atoms with Crippen LogP contribution in [0.25, 0.3) is 0 Å². The van der Waals surface area contributed by atoms with Crippen LogP contribution in [-0.4, -0.2) is 31.1 Å². The van der Waals surface area contributed by atoms with Crippen LogP contribution < -0.4 is 11.1 Å². The monoisotopic (exact) mass is 244 g/mol. The van der Waals surface area contributed by atoms with Crippen molar-refractivity contribution < 1.29 is 14.3 Å². The van der Waals surface area contributed by atoms with E-state index in [4.69, 9.17) is 5.73 Å². The molecule has 0 aromatic carbocycles. The highest BCUT2D eigenvalue weighted by molar-refractivity contribution is 5.84. The largest absolute Gasteiger partial charge is 0.467 e. The molecule has 0 aromatic heterocycles. The molecule has 0 aliphatic carbocycles. The second-order valence-corrected chi connectivity index (χ2v) is 4.24. The number of nitrogens with one attached hydrogen (secondary N) is 1. The van der Waals surface area contributed by atoms with E-state index in [0.29, 0.717) is 6.42 Å². The molecule has 17 heavy (non-hydrogen) atoms. The number of hydrogen-bond donors (Lipinski definition) is 2. The van der Waals surface area contributed by atoms with E-state index in [0.717, 1.165) is 25.7 Å². The Kier molecular flexibility index (Phi) is 8.40. The van der Waals surface area contributed by atoms with Gasteiger partial charge in [0.1, 0.15) is 6.04 Å². The average Bonchev–Trinajstić information content (AvgIpc) is 2.30. The zero-order valence-electron chi connectivity index (χ0n) is 11.0. The number of esters is 1. The predicted molar refractivity (Wildman–Crippen MR) is 66.4 cm³/mol. The van der Waals surface area contributed by atoms with Gasteiger partial charge in [0.2, 0.25) is 5.91 Å². The first-order chi connectivity index (χ1) is 8.02. The molecular weight excluding hydrogens is 220 g/mol. The second-order valence-electron chi connectivity index (χ2n) is 4.24. The lowest BCUT2D eigenvalue weighted by Crippen LogP contribution is -2.51. The minimum Gasteiger partial charge on any atom is -0.467 e. The summed E-state index contributed by atoms with van der Waals surface area (Å²) in [4.78, 5) is 22.9. The summed E-state index contributed by atoms with van der Waals surface area (Å²) >= 11 is 0. The van der Waals surface area contributed by atoms with Crippen LogP contribution >= 0.6 is 0 Å². The number of rotatable bonds is 8. The molecule has 5 nitrogen and oxygen atoms in total. The number of ether oxygens (including phenoxy) is 1. The van der Waals surface area contributed by atoms with Crippen molar-refractivity contribution in [3.63, 3.8) is 0 Å². The van der Waals surface area contributed by atoms with Gasteiger partial charge in [0.25, 0.3) is 0 Å². The summed E-state index contributed by atoms with van der Waals surface area (Å²) in [6.07, 6.45) is 4.56. The summed E-state index contributed by atoms with van der Waals surface area (Å²) in [6, 6.07) is -1.21. The van der Waals surface area contributed by atoms with Crippen molar-refractivity contribution in [2.45, 2.75) is 58.0 Å². The van der Waals surface area contributed by atoms with Crippen molar-refractivity contribution in [3.8, 4) is 0 Å². The summed E-state index contributed by atoms with van der Waals surface area (Å²) in [6.45, 7) is 3.78. The zero-order chi connectivity index (χ0) is 13.3. The van der Waals surface area contributed by atoms with Crippen molar-refractivity contribution in [2.24, 2.45) is 5.73 Å². The Labute approximate surface area is 103 Å². The number of amides is 1. The molecule has 0 saturated carbocycles. The Morgan fingerprint density at radius 2 is 1.94 bits per heavy atom. The normalized spacial score (nSPS) is 13.9. The van der Waals surface area contributed by atoms with Crippen LogP contribution in [0.4, 0.5) is 0 Å². The van der Waals surface area contributed by atoms with E-state index in [1.165, 1.54) is 7.11 Å². The highest BCUT2D eigenvalue weighted by Gasteiger charge is 2.24. The molecule has 0 radical (unpaired) electrons. The first-order valence-corrected chi connectivity index (χ1v) is 6.15. The number of carbonyl (C=O) groups is 2. The van der Waals surface area contributed by atoms with Crippen LogP contribution in [0.15, 0.2) is 0 Å². The fourth-order valence-electron chi connectivity index (χ4n) is 1.49. The van der Waals surface area contributed by atoms with Crippen molar-refractivity contribution in [3.05, 3.63) is 0 Å². The first kappa shape index (κ1) is 15.9. The third kappa shape index (κ3) is 6.94. The van der Waals surface area contributed by atoms with Gasteiger partial charge in [0.05, 0.1) is 7.11 Å². The van der Waals surface area contributed by atoms with Gasteiger partial charge in [0.15, 0.2) is 0 Å². The molecule has 100 valence electrons. The van der Waals surface area contributed by atoms with Crippen LogP contribution in [0.1, 0.15) is 46.0 Å². The van der Waals surface area contributed by atoms with Crippen molar-refractivity contribution in [1.29, 1.82) is 0 Å². The molecule has 0 aliphatic rings. The number of unbranched alkanes of at least 4 members (excludes halogenated alkanes) is 3. The van der Waals surface area contributed by atoms with Gasteiger partial charge in [-0.05, 0) is 13.3 Å². The van der Waals surface area contributed by atoms with Gasteiger partial charge in [-0.2, -0.15) is 0 Å². The summed E-state index contributed by atoms with van der Waals surface area (Å²) in [5.74, 6) is -0.643. The SMILES string of the molecule is CCCCCCC(=O)N[C@@H](C(=O)OC)[C@H](C)N. The number of hydrogen-bond acceptors (Lipinski definition) is 4. The highest BCUT2D eigenvalue weighted by Crippen LogP contribution is 2.03. The summed E-state index contributed by atoms with van der Waals surface area (Å²) in [5, 5.41) is 2.61. The molecule has 0 spiro atoms. The van der Waals surface area contributed by atoms with Gasteiger partial charge >= 0.3 is 5.97 Å². The lowest BCUT2D eigenvalue weighted by atomic mass is 10.1. The van der Waals surface area contributed by atoms with Crippen molar-refractivity contribution in [1.82, 2.24) is 5.32 Å². The van der Waals surface area contributed by atoms with Gasteiger partial charge in [-0.15, -0.1) is 0 Å². The fourth-order valence-corrected chi connectivity index (χ4v) is 1.49. The molecule has 0 fully saturated rings. The highest BCUT2D eigenvalue weighted by atomic mass is 16.5. The lowest BCUT2D eigenvalue weighted by molar-refractivity contribution is -0.145. The number of nitrogens with two attached hydrogens (primary N) is 1. The minimum atomic E-state index is -0.751. The Morgan fingerprint density at radius 1 is 1.29 bits per heavy atom. The molecule has 0 unspecified atom stereocenters. The maximum Gasteiger partial charge on any atom is 0.329 e. The molecule has 0 heterocycles. The van der Waals surface area contributed by atoms with Gasteiger partial charge in [-0.3, -0.25) is 4.79 Å². The Balaban J connectivity index is 4.00. The maximum absolute atomic E-state index is 11.6. The molecular formula is C12H24N2O3. The molecule has 0 aliphatic heterocycles. The molecule has 1 amide bonds. The second kappa shape index (κ2) is 8.98. The van der Waals surface area contributed by atoms with E-state index in [1.54, 1.807) is 6.92 Å². The predicted octanol–water partition coefficient (Wildman–Crippen LogP) is 0.962. The summed E-state index contributed by atoms with van der Waals surface area (Å²) in [5.41, 5.74) is 5.62. The van der Waals surface area contributed by atoms with E-state index in [1.807, 2.05) is 0 Å². The third-order valence-electron chi connectivity index (χ3n) is 2.55. The van der Waals surface area contributed by atoms with Gasteiger partial charge in [-0.25, -0.2) is 4.79 Å². The van der Waals surface area contributed by atoms with E-state index < -0.39 is 18.1 Å². The average molecular weight is 244 g/mol. The van der Waals surface area contributed by atoms with E-state index in [-0.39, 0.29) is 5.91 Å². The quantitative estimate of drug-likeness (QED) is 0.492. The van der Waals surface area contributed by atoms with Crippen LogP contribution in [-0.2, 0) is 14.3 Å². The molecule has 0 rings (SSSR count). The van der Waals surface area contributed by atoms with Crippen molar-refractivity contribution >= 4 is 11.9 Å². The Bertz CT molecular complexity index is 242.